The van der Waals surface area contributed by atoms with Gasteiger partial charge >= 0.3 is 0 Å². The van der Waals surface area contributed by atoms with Crippen LogP contribution in [0.2, 0.25) is 4.34 Å². The molecule has 0 unspecified atom stereocenters. The molecule has 1 aromatic heterocycles. The van der Waals surface area contributed by atoms with Crippen LogP contribution in [-0.2, 0) is 10.0 Å². The second-order valence-corrected chi connectivity index (χ2v) is 8.79. The summed E-state index contributed by atoms with van der Waals surface area (Å²) in [6.45, 7) is 0.744. The van der Waals surface area contributed by atoms with Gasteiger partial charge in [0.25, 0.3) is 0 Å². The maximum absolute atomic E-state index is 12.0. The summed E-state index contributed by atoms with van der Waals surface area (Å²) in [5.74, 6) is 0.713. The van der Waals surface area contributed by atoms with Gasteiger partial charge in [0.1, 0.15) is 4.21 Å². The van der Waals surface area contributed by atoms with Gasteiger partial charge in [-0.05, 0) is 25.0 Å². The molecule has 0 radical (unpaired) electrons. The van der Waals surface area contributed by atoms with Crippen LogP contribution in [0.5, 0.6) is 0 Å². The second kappa shape index (κ2) is 10.0. The smallest absolute Gasteiger partial charge is 0.250 e. The Morgan fingerprint density at radius 3 is 2.61 bits per heavy atom. The third-order valence-electron chi connectivity index (χ3n) is 3.44. The summed E-state index contributed by atoms with van der Waals surface area (Å²) in [5, 5.41) is 6.46. The van der Waals surface area contributed by atoms with Crippen LogP contribution in [0, 0.1) is 0 Å². The van der Waals surface area contributed by atoms with Gasteiger partial charge in [0, 0.05) is 26.2 Å². The van der Waals surface area contributed by atoms with Gasteiger partial charge < -0.3 is 10.6 Å². The molecule has 0 amide bonds. The molecule has 1 fully saturated rings. The minimum absolute atomic E-state index is 0. The Morgan fingerprint density at radius 1 is 1.35 bits per heavy atom. The van der Waals surface area contributed by atoms with E-state index in [1.165, 1.54) is 18.9 Å². The number of nitrogens with zero attached hydrogens (tertiary/aromatic N) is 1. The number of hydrogen-bond donors (Lipinski definition) is 3. The highest BCUT2D eigenvalue weighted by Gasteiger charge is 2.17. The summed E-state index contributed by atoms with van der Waals surface area (Å²) < 4.78 is 27.2. The SMILES string of the molecule is CN=C(NCCNS(=O)(=O)c1ccc(Cl)s1)NC1CCCC1.I. The Morgan fingerprint density at radius 2 is 2.04 bits per heavy atom. The molecule has 0 aliphatic heterocycles. The zero-order valence-electron chi connectivity index (χ0n) is 12.8. The Bertz CT molecular complexity index is 615. The quantitative estimate of drug-likeness (QED) is 0.246. The molecule has 10 heteroatoms. The van der Waals surface area contributed by atoms with Crippen molar-refractivity contribution in [3.63, 3.8) is 0 Å². The van der Waals surface area contributed by atoms with E-state index in [9.17, 15) is 8.42 Å². The molecule has 1 saturated carbocycles. The molecule has 1 aliphatic carbocycles. The lowest BCUT2D eigenvalue weighted by Crippen LogP contribution is -2.44. The van der Waals surface area contributed by atoms with E-state index < -0.39 is 10.0 Å². The summed E-state index contributed by atoms with van der Waals surface area (Å²) in [4.78, 5) is 4.15. The molecular formula is C13H22ClIN4O2S2. The van der Waals surface area contributed by atoms with E-state index in [0.717, 1.165) is 24.2 Å². The number of rotatable bonds is 6. The van der Waals surface area contributed by atoms with Gasteiger partial charge in [-0.25, -0.2) is 13.1 Å². The molecule has 1 aromatic rings. The van der Waals surface area contributed by atoms with E-state index in [0.29, 0.717) is 22.9 Å². The van der Waals surface area contributed by atoms with Crippen molar-refractivity contribution in [3.8, 4) is 0 Å². The van der Waals surface area contributed by atoms with Crippen molar-refractivity contribution in [2.24, 2.45) is 4.99 Å². The van der Waals surface area contributed by atoms with Crippen LogP contribution < -0.4 is 15.4 Å². The van der Waals surface area contributed by atoms with Crippen LogP contribution in [0.3, 0.4) is 0 Å². The van der Waals surface area contributed by atoms with Crippen LogP contribution in [0.25, 0.3) is 0 Å². The van der Waals surface area contributed by atoms with Crippen molar-refractivity contribution >= 4 is 62.9 Å². The van der Waals surface area contributed by atoms with Gasteiger partial charge in [-0.1, -0.05) is 24.4 Å². The summed E-state index contributed by atoms with van der Waals surface area (Å²) >= 11 is 6.80. The first kappa shape index (κ1) is 20.9. The van der Waals surface area contributed by atoms with Gasteiger partial charge in [0.15, 0.2) is 5.96 Å². The minimum Gasteiger partial charge on any atom is -0.355 e. The van der Waals surface area contributed by atoms with Crippen molar-refractivity contribution in [2.45, 2.75) is 35.9 Å². The molecule has 23 heavy (non-hydrogen) atoms. The molecule has 0 atom stereocenters. The molecule has 6 nitrogen and oxygen atoms in total. The third kappa shape index (κ3) is 6.73. The monoisotopic (exact) mass is 492 g/mol. The fourth-order valence-corrected chi connectivity index (χ4v) is 4.90. The average molecular weight is 493 g/mol. The second-order valence-electron chi connectivity index (χ2n) is 5.08. The van der Waals surface area contributed by atoms with Crippen molar-refractivity contribution in [1.29, 1.82) is 0 Å². The molecular weight excluding hydrogens is 471 g/mol. The lowest BCUT2D eigenvalue weighted by Gasteiger charge is -2.16. The lowest BCUT2D eigenvalue weighted by atomic mass is 10.2. The van der Waals surface area contributed by atoms with Gasteiger partial charge in [0.05, 0.1) is 4.34 Å². The molecule has 1 aliphatic rings. The summed E-state index contributed by atoms with van der Waals surface area (Å²) in [5.41, 5.74) is 0. The predicted octanol–water partition coefficient (Wildman–Crippen LogP) is 2.41. The van der Waals surface area contributed by atoms with Gasteiger partial charge in [-0.2, -0.15) is 0 Å². The largest absolute Gasteiger partial charge is 0.355 e. The molecule has 0 aromatic carbocycles. The van der Waals surface area contributed by atoms with Crippen LogP contribution >= 0.6 is 46.9 Å². The zero-order valence-corrected chi connectivity index (χ0v) is 17.6. The standard InChI is InChI=1S/C13H21ClN4O2S2.HI/c1-15-13(18-10-4-2-3-5-10)16-8-9-17-22(19,20)12-7-6-11(14)21-12;/h6-7,10,17H,2-5,8-9H2,1H3,(H2,15,16,18);1H. The first-order valence-electron chi connectivity index (χ1n) is 7.23. The lowest BCUT2D eigenvalue weighted by molar-refractivity contribution is 0.580. The van der Waals surface area contributed by atoms with E-state index in [4.69, 9.17) is 11.6 Å². The molecule has 3 N–H and O–H groups in total. The highest BCUT2D eigenvalue weighted by Crippen LogP contribution is 2.25. The molecule has 2 rings (SSSR count). The fraction of sp³-hybridized carbons (Fsp3) is 0.615. The van der Waals surface area contributed by atoms with E-state index >= 15 is 0 Å². The Kier molecular flexibility index (Phi) is 9.12. The van der Waals surface area contributed by atoms with Crippen molar-refractivity contribution in [1.82, 2.24) is 15.4 Å². The molecule has 0 spiro atoms. The molecule has 1 heterocycles. The van der Waals surface area contributed by atoms with E-state index in [1.54, 1.807) is 13.1 Å². The number of guanidine groups is 1. The molecule has 132 valence electrons. The minimum atomic E-state index is -3.48. The van der Waals surface area contributed by atoms with Crippen LogP contribution in [0.1, 0.15) is 25.7 Å². The van der Waals surface area contributed by atoms with E-state index in [2.05, 4.69) is 20.3 Å². The van der Waals surface area contributed by atoms with Crippen molar-refractivity contribution in [2.75, 3.05) is 20.1 Å². The highest BCUT2D eigenvalue weighted by molar-refractivity contribution is 14.0. The summed E-state index contributed by atoms with van der Waals surface area (Å²) in [6.07, 6.45) is 4.81. The van der Waals surface area contributed by atoms with Crippen molar-refractivity contribution < 1.29 is 8.42 Å². The Balaban J connectivity index is 0.00000264. The molecule has 0 bridgehead atoms. The first-order valence-corrected chi connectivity index (χ1v) is 9.91. The zero-order chi connectivity index (χ0) is 16.0. The number of sulfonamides is 1. The summed E-state index contributed by atoms with van der Waals surface area (Å²) in [6, 6.07) is 3.55. The van der Waals surface area contributed by atoms with E-state index in [-0.39, 0.29) is 34.7 Å². The topological polar surface area (TPSA) is 82.6 Å². The number of aliphatic imine (C=N–C) groups is 1. The number of thiophene rings is 1. The number of halogens is 2. The number of nitrogens with one attached hydrogen (secondary N) is 3. The predicted molar refractivity (Wildman–Crippen MR) is 107 cm³/mol. The van der Waals surface area contributed by atoms with Crippen LogP contribution in [0.15, 0.2) is 21.3 Å². The number of hydrogen-bond acceptors (Lipinski definition) is 4. The Labute approximate surface area is 163 Å². The van der Waals surface area contributed by atoms with Crippen LogP contribution in [0.4, 0.5) is 0 Å². The van der Waals surface area contributed by atoms with Gasteiger partial charge in [0.2, 0.25) is 10.0 Å². The van der Waals surface area contributed by atoms with Crippen molar-refractivity contribution in [3.05, 3.63) is 16.5 Å². The van der Waals surface area contributed by atoms with Crippen LogP contribution in [-0.4, -0.2) is 40.6 Å². The van der Waals surface area contributed by atoms with E-state index in [1.807, 2.05) is 0 Å². The maximum atomic E-state index is 12.0. The average Bonchev–Trinajstić information content (AvgIpc) is 3.13. The molecule has 0 saturated heterocycles. The third-order valence-corrected chi connectivity index (χ3v) is 6.63. The first-order chi connectivity index (χ1) is 10.5. The van der Waals surface area contributed by atoms with Gasteiger partial charge in [-0.3, -0.25) is 4.99 Å². The summed E-state index contributed by atoms with van der Waals surface area (Å²) in [7, 11) is -1.77. The maximum Gasteiger partial charge on any atom is 0.250 e. The highest BCUT2D eigenvalue weighted by atomic mass is 127. The fourth-order valence-electron chi connectivity index (χ4n) is 2.34. The normalized spacial score (nSPS) is 16.2. The Hall–Kier alpha value is -0.100. The van der Waals surface area contributed by atoms with Gasteiger partial charge in [-0.15, -0.1) is 35.3 Å².